The molecule has 0 amide bonds. The van der Waals surface area contributed by atoms with E-state index in [-0.39, 0.29) is 10.8 Å². The molecule has 0 saturated heterocycles. The number of hydrogen-bond donors (Lipinski definition) is 0. The third-order valence-electron chi connectivity index (χ3n) is 4.53. The summed E-state index contributed by atoms with van der Waals surface area (Å²) >= 11 is 0. The molecule has 4 aromatic rings. The molecular formula is C22H24N2O2. The first-order chi connectivity index (χ1) is 12.1. The van der Waals surface area contributed by atoms with E-state index in [2.05, 4.69) is 63.6 Å². The molecule has 0 radical (unpaired) electrons. The predicted octanol–water partition coefficient (Wildman–Crippen LogP) is 6.23. The van der Waals surface area contributed by atoms with Gasteiger partial charge < -0.3 is 8.83 Å². The Bertz CT molecular complexity index is 1090. The lowest BCUT2D eigenvalue weighted by molar-refractivity contribution is 0.411. The summed E-state index contributed by atoms with van der Waals surface area (Å²) in [6, 6.07) is 12.1. The van der Waals surface area contributed by atoms with Crippen LogP contribution in [-0.2, 0) is 10.8 Å². The first-order valence-corrected chi connectivity index (χ1v) is 8.94. The van der Waals surface area contributed by atoms with Gasteiger partial charge in [-0.15, -0.1) is 0 Å². The first kappa shape index (κ1) is 16.8. The van der Waals surface area contributed by atoms with Crippen LogP contribution in [0.5, 0.6) is 0 Å². The van der Waals surface area contributed by atoms with Crippen molar-refractivity contribution in [2.24, 2.45) is 0 Å². The Hall–Kier alpha value is -2.62. The number of hydrogen-bond acceptors (Lipinski definition) is 4. The molecule has 4 rings (SSSR count). The van der Waals surface area contributed by atoms with Crippen LogP contribution >= 0.6 is 0 Å². The van der Waals surface area contributed by atoms with Crippen LogP contribution in [0, 0.1) is 0 Å². The lowest BCUT2D eigenvalue weighted by atomic mass is 9.87. The molecule has 0 saturated carbocycles. The van der Waals surface area contributed by atoms with Crippen LogP contribution in [0.3, 0.4) is 0 Å². The molecule has 0 N–H and O–H groups in total. The van der Waals surface area contributed by atoms with Crippen LogP contribution in [-0.4, -0.2) is 9.97 Å². The van der Waals surface area contributed by atoms with Crippen molar-refractivity contribution in [1.82, 2.24) is 9.97 Å². The van der Waals surface area contributed by atoms with Crippen LogP contribution < -0.4 is 0 Å². The van der Waals surface area contributed by atoms with Crippen LogP contribution in [0.1, 0.15) is 53.0 Å². The van der Waals surface area contributed by atoms with Crippen LogP contribution in [0.2, 0.25) is 0 Å². The van der Waals surface area contributed by atoms with E-state index in [0.717, 1.165) is 33.7 Å². The van der Waals surface area contributed by atoms with Crippen molar-refractivity contribution >= 4 is 22.2 Å². The van der Waals surface area contributed by atoms with Gasteiger partial charge in [0.15, 0.2) is 11.2 Å². The molecule has 0 atom stereocenters. The molecule has 0 aliphatic heterocycles. The van der Waals surface area contributed by atoms with E-state index in [1.165, 1.54) is 5.56 Å². The SMILES string of the molecule is CC(C)(C)c1ccc2nc(-c3ccc4nc(C(C)(C)C)oc4c3)oc2c1. The fourth-order valence-electron chi connectivity index (χ4n) is 2.89. The minimum atomic E-state index is -0.125. The predicted molar refractivity (Wildman–Crippen MR) is 104 cm³/mol. The molecule has 0 spiro atoms. The maximum Gasteiger partial charge on any atom is 0.227 e. The van der Waals surface area contributed by atoms with E-state index in [0.29, 0.717) is 5.89 Å². The molecule has 0 unspecified atom stereocenters. The van der Waals surface area contributed by atoms with Gasteiger partial charge in [0.05, 0.1) is 0 Å². The van der Waals surface area contributed by atoms with E-state index >= 15 is 0 Å². The quantitative estimate of drug-likeness (QED) is 0.409. The van der Waals surface area contributed by atoms with E-state index in [1.54, 1.807) is 0 Å². The number of nitrogens with zero attached hydrogens (tertiary/aromatic N) is 2. The minimum Gasteiger partial charge on any atom is -0.440 e. The Balaban J connectivity index is 1.79. The zero-order valence-electron chi connectivity index (χ0n) is 16.2. The lowest BCUT2D eigenvalue weighted by Gasteiger charge is -2.18. The summed E-state index contributed by atoms with van der Waals surface area (Å²) in [5, 5.41) is 0. The van der Waals surface area contributed by atoms with Gasteiger partial charge in [-0.25, -0.2) is 9.97 Å². The highest BCUT2D eigenvalue weighted by atomic mass is 16.4. The van der Waals surface area contributed by atoms with Gasteiger partial charge in [-0.1, -0.05) is 47.6 Å². The Kier molecular flexibility index (Phi) is 3.52. The molecule has 26 heavy (non-hydrogen) atoms. The topological polar surface area (TPSA) is 52.1 Å². The average Bonchev–Trinajstić information content (AvgIpc) is 3.16. The van der Waals surface area contributed by atoms with Gasteiger partial charge in [0.25, 0.3) is 0 Å². The van der Waals surface area contributed by atoms with Gasteiger partial charge in [-0.05, 0) is 41.3 Å². The van der Waals surface area contributed by atoms with Gasteiger partial charge in [0, 0.05) is 11.0 Å². The van der Waals surface area contributed by atoms with Gasteiger partial charge in [0.2, 0.25) is 11.8 Å². The Labute approximate surface area is 153 Å². The summed E-state index contributed by atoms with van der Waals surface area (Å²) in [6.45, 7) is 12.8. The third kappa shape index (κ3) is 2.90. The second-order valence-electron chi connectivity index (χ2n) is 8.90. The van der Waals surface area contributed by atoms with E-state index in [1.807, 2.05) is 24.3 Å². The highest BCUT2D eigenvalue weighted by Crippen LogP contribution is 2.32. The molecule has 2 aromatic carbocycles. The standard InChI is InChI=1S/C22H24N2O2/c1-21(2,3)14-8-10-15-18(12-14)25-19(23-15)13-7-9-16-17(11-13)26-20(24-16)22(4,5)6/h7-12H,1-6H3. The number of fused-ring (bicyclic) bond motifs is 2. The summed E-state index contributed by atoms with van der Waals surface area (Å²) in [7, 11) is 0. The number of rotatable bonds is 1. The molecule has 134 valence electrons. The van der Waals surface area contributed by atoms with Gasteiger partial charge in [0.1, 0.15) is 11.0 Å². The van der Waals surface area contributed by atoms with Crippen molar-refractivity contribution in [3.05, 3.63) is 47.9 Å². The van der Waals surface area contributed by atoms with Crippen LogP contribution in [0.4, 0.5) is 0 Å². The van der Waals surface area contributed by atoms with Crippen molar-refractivity contribution in [3.8, 4) is 11.5 Å². The highest BCUT2D eigenvalue weighted by Gasteiger charge is 2.21. The molecule has 4 nitrogen and oxygen atoms in total. The van der Waals surface area contributed by atoms with E-state index in [4.69, 9.17) is 8.83 Å². The van der Waals surface area contributed by atoms with Crippen LogP contribution in [0.25, 0.3) is 33.7 Å². The smallest absolute Gasteiger partial charge is 0.227 e. The summed E-state index contributed by atoms with van der Waals surface area (Å²) in [5.74, 6) is 1.33. The minimum absolute atomic E-state index is 0.0727. The zero-order valence-corrected chi connectivity index (χ0v) is 16.2. The van der Waals surface area contributed by atoms with E-state index < -0.39 is 0 Å². The number of aromatic nitrogens is 2. The fourth-order valence-corrected chi connectivity index (χ4v) is 2.89. The Morgan fingerprint density at radius 3 is 2.04 bits per heavy atom. The van der Waals surface area contributed by atoms with Gasteiger partial charge in [-0.3, -0.25) is 0 Å². The lowest BCUT2D eigenvalue weighted by Crippen LogP contribution is -2.10. The normalized spacial score (nSPS) is 13.0. The van der Waals surface area contributed by atoms with Crippen molar-refractivity contribution in [2.75, 3.05) is 0 Å². The summed E-state index contributed by atoms with van der Waals surface area (Å²) in [4.78, 5) is 9.22. The highest BCUT2D eigenvalue weighted by molar-refractivity contribution is 5.81. The molecule has 4 heteroatoms. The van der Waals surface area contributed by atoms with Crippen molar-refractivity contribution < 1.29 is 8.83 Å². The van der Waals surface area contributed by atoms with Crippen molar-refractivity contribution in [2.45, 2.75) is 52.4 Å². The van der Waals surface area contributed by atoms with Crippen molar-refractivity contribution in [3.63, 3.8) is 0 Å². The average molecular weight is 348 g/mol. The zero-order chi connectivity index (χ0) is 18.7. The van der Waals surface area contributed by atoms with Crippen LogP contribution in [0.15, 0.2) is 45.2 Å². The summed E-state index contributed by atoms with van der Waals surface area (Å²) < 4.78 is 12.0. The Morgan fingerprint density at radius 1 is 0.692 bits per heavy atom. The maximum absolute atomic E-state index is 6.04. The fraction of sp³-hybridized carbons (Fsp3) is 0.364. The number of benzene rings is 2. The summed E-state index contributed by atoms with van der Waals surface area (Å²) in [6.07, 6.45) is 0. The largest absolute Gasteiger partial charge is 0.440 e. The molecule has 0 bridgehead atoms. The Morgan fingerprint density at radius 2 is 1.35 bits per heavy atom. The monoisotopic (exact) mass is 348 g/mol. The van der Waals surface area contributed by atoms with Gasteiger partial charge in [-0.2, -0.15) is 0 Å². The summed E-state index contributed by atoms with van der Waals surface area (Å²) in [5.41, 5.74) is 5.34. The molecule has 2 aromatic heterocycles. The van der Waals surface area contributed by atoms with Gasteiger partial charge >= 0.3 is 0 Å². The molecule has 2 heterocycles. The molecular weight excluding hydrogens is 324 g/mol. The number of oxazole rings is 2. The van der Waals surface area contributed by atoms with E-state index in [9.17, 15) is 0 Å². The second-order valence-corrected chi connectivity index (χ2v) is 8.90. The first-order valence-electron chi connectivity index (χ1n) is 8.94. The maximum atomic E-state index is 6.04. The third-order valence-corrected chi connectivity index (χ3v) is 4.53. The second kappa shape index (κ2) is 5.44. The molecule has 0 aliphatic rings. The van der Waals surface area contributed by atoms with Crippen molar-refractivity contribution in [1.29, 1.82) is 0 Å². The molecule has 0 aliphatic carbocycles. The molecule has 0 fully saturated rings.